The van der Waals surface area contributed by atoms with E-state index >= 15 is 0 Å². The van der Waals surface area contributed by atoms with Gasteiger partial charge in [0.25, 0.3) is 0 Å². The third-order valence-electron chi connectivity index (χ3n) is 4.98. The molecular formula is C16H22N2O. The molecule has 0 spiro atoms. The van der Waals surface area contributed by atoms with Gasteiger partial charge in [0, 0.05) is 6.04 Å². The van der Waals surface area contributed by atoms with Crippen molar-refractivity contribution in [2.24, 2.45) is 23.6 Å². The molecule has 0 aromatic heterocycles. The average Bonchev–Trinajstić information content (AvgIpc) is 3.33. The van der Waals surface area contributed by atoms with E-state index in [2.05, 4.69) is 29.7 Å². The molecule has 1 aromatic rings. The highest BCUT2D eigenvalue weighted by atomic mass is 16.5. The lowest BCUT2D eigenvalue weighted by molar-refractivity contribution is 0.300. The quantitative estimate of drug-likeness (QED) is 0.630. The molecule has 3 heteroatoms. The first-order chi connectivity index (χ1) is 9.33. The smallest absolute Gasteiger partial charge is 0.120 e. The number of hydrogen-bond acceptors (Lipinski definition) is 3. The zero-order valence-electron chi connectivity index (χ0n) is 11.2. The van der Waals surface area contributed by atoms with Crippen molar-refractivity contribution in [3.63, 3.8) is 0 Å². The summed E-state index contributed by atoms with van der Waals surface area (Å²) in [7, 11) is 0. The normalized spacial score (nSPS) is 33.8. The maximum Gasteiger partial charge on any atom is 0.120 e. The summed E-state index contributed by atoms with van der Waals surface area (Å²) >= 11 is 0. The fourth-order valence-electron chi connectivity index (χ4n) is 3.70. The Morgan fingerprint density at radius 3 is 2.63 bits per heavy atom. The molecule has 0 heterocycles. The first kappa shape index (κ1) is 11.7. The SMILES string of the molecule is NNC(c1cccc(OC2CC2)c1)C1CC2CC2C1. The molecule has 0 saturated heterocycles. The van der Waals surface area contributed by atoms with Gasteiger partial charge in [0.15, 0.2) is 0 Å². The van der Waals surface area contributed by atoms with Crippen LogP contribution >= 0.6 is 0 Å². The summed E-state index contributed by atoms with van der Waals surface area (Å²) in [5.74, 6) is 9.50. The second kappa shape index (κ2) is 4.50. The third kappa shape index (κ3) is 2.37. The fraction of sp³-hybridized carbons (Fsp3) is 0.625. The van der Waals surface area contributed by atoms with E-state index < -0.39 is 0 Å². The Hall–Kier alpha value is -1.06. The van der Waals surface area contributed by atoms with Crippen molar-refractivity contribution in [3.8, 4) is 5.75 Å². The van der Waals surface area contributed by atoms with Gasteiger partial charge in [0.1, 0.15) is 5.75 Å². The maximum absolute atomic E-state index is 5.88. The number of benzene rings is 1. The first-order valence-electron chi connectivity index (χ1n) is 7.56. The lowest BCUT2D eigenvalue weighted by Crippen LogP contribution is -2.33. The highest BCUT2D eigenvalue weighted by Crippen LogP contribution is 2.57. The molecule has 3 fully saturated rings. The molecule has 19 heavy (non-hydrogen) atoms. The average molecular weight is 258 g/mol. The first-order valence-corrected chi connectivity index (χ1v) is 7.56. The standard InChI is InChI=1S/C16H22N2O/c17-18-16(13-7-11-6-12(11)8-13)10-2-1-3-15(9-10)19-14-4-5-14/h1-3,9,11-14,16,18H,4-8,17H2. The van der Waals surface area contributed by atoms with Crippen LogP contribution in [0.5, 0.6) is 5.75 Å². The highest BCUT2D eigenvalue weighted by Gasteiger charge is 2.48. The monoisotopic (exact) mass is 258 g/mol. The largest absolute Gasteiger partial charge is 0.490 e. The van der Waals surface area contributed by atoms with E-state index in [0.717, 1.165) is 17.6 Å². The van der Waals surface area contributed by atoms with Gasteiger partial charge < -0.3 is 4.74 Å². The predicted molar refractivity (Wildman–Crippen MR) is 74.5 cm³/mol. The van der Waals surface area contributed by atoms with E-state index in [0.29, 0.717) is 12.0 Å². The van der Waals surface area contributed by atoms with Crippen LogP contribution in [0.15, 0.2) is 24.3 Å². The summed E-state index contributed by atoms with van der Waals surface area (Å²) in [5.41, 5.74) is 4.33. The van der Waals surface area contributed by atoms with Gasteiger partial charge in [-0.15, -0.1) is 0 Å². The third-order valence-corrected chi connectivity index (χ3v) is 4.98. The molecule has 3 N–H and O–H groups in total. The number of hydrazine groups is 1. The van der Waals surface area contributed by atoms with Gasteiger partial charge in [-0.3, -0.25) is 11.3 Å². The number of ether oxygens (including phenoxy) is 1. The maximum atomic E-state index is 5.88. The zero-order valence-corrected chi connectivity index (χ0v) is 11.2. The lowest BCUT2D eigenvalue weighted by atomic mass is 9.89. The van der Waals surface area contributed by atoms with Crippen molar-refractivity contribution >= 4 is 0 Å². The van der Waals surface area contributed by atoms with Gasteiger partial charge in [-0.05, 0) is 67.6 Å². The van der Waals surface area contributed by atoms with Crippen molar-refractivity contribution < 1.29 is 4.74 Å². The summed E-state index contributed by atoms with van der Waals surface area (Å²) < 4.78 is 5.88. The topological polar surface area (TPSA) is 47.3 Å². The highest BCUT2D eigenvalue weighted by molar-refractivity contribution is 5.31. The number of nitrogens with one attached hydrogen (secondary N) is 1. The van der Waals surface area contributed by atoms with Crippen LogP contribution in [-0.4, -0.2) is 6.10 Å². The molecule has 102 valence electrons. The van der Waals surface area contributed by atoms with Crippen molar-refractivity contribution in [2.45, 2.75) is 44.2 Å². The number of nitrogens with two attached hydrogens (primary N) is 1. The van der Waals surface area contributed by atoms with Crippen LogP contribution in [-0.2, 0) is 0 Å². The van der Waals surface area contributed by atoms with Gasteiger partial charge in [0.05, 0.1) is 6.10 Å². The molecule has 3 atom stereocenters. The van der Waals surface area contributed by atoms with E-state index in [1.807, 2.05) is 0 Å². The van der Waals surface area contributed by atoms with E-state index in [1.54, 1.807) is 0 Å². The van der Waals surface area contributed by atoms with Gasteiger partial charge in [-0.25, -0.2) is 0 Å². The van der Waals surface area contributed by atoms with Crippen LogP contribution in [0.4, 0.5) is 0 Å². The molecule has 3 nitrogen and oxygen atoms in total. The Kier molecular flexibility index (Phi) is 2.78. The predicted octanol–water partition coefficient (Wildman–Crippen LogP) is 2.78. The minimum Gasteiger partial charge on any atom is -0.490 e. The van der Waals surface area contributed by atoms with Crippen LogP contribution in [0.1, 0.15) is 43.7 Å². The van der Waals surface area contributed by atoms with E-state index in [9.17, 15) is 0 Å². The Balaban J connectivity index is 1.51. The van der Waals surface area contributed by atoms with Gasteiger partial charge in [-0.2, -0.15) is 0 Å². The Morgan fingerprint density at radius 2 is 1.95 bits per heavy atom. The van der Waals surface area contributed by atoms with Gasteiger partial charge >= 0.3 is 0 Å². The minimum atomic E-state index is 0.288. The van der Waals surface area contributed by atoms with Crippen LogP contribution in [0.3, 0.4) is 0 Å². The van der Waals surface area contributed by atoms with Crippen molar-refractivity contribution in [1.29, 1.82) is 0 Å². The molecule has 0 aliphatic heterocycles. The molecule has 3 aliphatic rings. The lowest BCUT2D eigenvalue weighted by Gasteiger charge is -2.24. The second-order valence-corrected chi connectivity index (χ2v) is 6.52. The molecule has 3 unspecified atom stereocenters. The van der Waals surface area contributed by atoms with E-state index in [-0.39, 0.29) is 6.04 Å². The minimum absolute atomic E-state index is 0.288. The van der Waals surface area contributed by atoms with Crippen molar-refractivity contribution in [1.82, 2.24) is 5.43 Å². The summed E-state index contributed by atoms with van der Waals surface area (Å²) in [6, 6.07) is 8.78. The molecule has 0 radical (unpaired) electrons. The molecule has 4 rings (SSSR count). The summed E-state index contributed by atoms with van der Waals surface area (Å²) in [6.45, 7) is 0. The molecule has 0 bridgehead atoms. The van der Waals surface area contributed by atoms with Crippen molar-refractivity contribution in [2.75, 3.05) is 0 Å². The zero-order chi connectivity index (χ0) is 12.8. The molecule has 3 saturated carbocycles. The second-order valence-electron chi connectivity index (χ2n) is 6.52. The fourth-order valence-corrected chi connectivity index (χ4v) is 3.70. The number of rotatable bonds is 5. The molecule has 1 aromatic carbocycles. The van der Waals surface area contributed by atoms with Gasteiger partial charge in [-0.1, -0.05) is 12.1 Å². The summed E-state index contributed by atoms with van der Waals surface area (Å²) in [6.07, 6.45) is 7.00. The molecule has 3 aliphatic carbocycles. The molecule has 0 amide bonds. The van der Waals surface area contributed by atoms with E-state index in [1.165, 1.54) is 37.7 Å². The van der Waals surface area contributed by atoms with Crippen molar-refractivity contribution in [3.05, 3.63) is 29.8 Å². The summed E-state index contributed by atoms with van der Waals surface area (Å²) in [5, 5.41) is 0. The number of hydrogen-bond donors (Lipinski definition) is 2. The van der Waals surface area contributed by atoms with Crippen LogP contribution in [0.25, 0.3) is 0 Å². The molecular weight excluding hydrogens is 236 g/mol. The Labute approximate surface area is 114 Å². The summed E-state index contributed by atoms with van der Waals surface area (Å²) in [4.78, 5) is 0. The van der Waals surface area contributed by atoms with Crippen LogP contribution in [0.2, 0.25) is 0 Å². The van der Waals surface area contributed by atoms with Crippen LogP contribution in [0, 0.1) is 17.8 Å². The van der Waals surface area contributed by atoms with Crippen LogP contribution < -0.4 is 16.0 Å². The van der Waals surface area contributed by atoms with Gasteiger partial charge in [0.2, 0.25) is 0 Å². The van der Waals surface area contributed by atoms with E-state index in [4.69, 9.17) is 10.6 Å². The Morgan fingerprint density at radius 1 is 1.16 bits per heavy atom. The Bertz CT molecular complexity index is 462. The number of fused-ring (bicyclic) bond motifs is 1.